The Morgan fingerprint density at radius 3 is 2.84 bits per heavy atom. The number of halogens is 1. The van der Waals surface area contributed by atoms with E-state index in [-0.39, 0.29) is 11.9 Å². The molecule has 1 heterocycles. The van der Waals surface area contributed by atoms with Gasteiger partial charge in [-0.1, -0.05) is 13.3 Å². The molecule has 2 saturated carbocycles. The molecule has 4 unspecified atom stereocenters. The molecule has 2 aliphatic carbocycles. The van der Waals surface area contributed by atoms with Crippen LogP contribution in [0.2, 0.25) is 0 Å². The second-order valence-corrected chi connectivity index (χ2v) is 6.18. The van der Waals surface area contributed by atoms with Gasteiger partial charge in [-0.05, 0) is 62.1 Å². The SMILES string of the molecule is CCNC(CC1CC2CCC1C2)c1ccc(F)cn1. The molecule has 0 aromatic carbocycles. The van der Waals surface area contributed by atoms with Gasteiger partial charge < -0.3 is 5.32 Å². The van der Waals surface area contributed by atoms with E-state index in [1.165, 1.54) is 37.9 Å². The second kappa shape index (κ2) is 5.58. The fraction of sp³-hybridized carbons (Fsp3) is 0.688. The number of fused-ring (bicyclic) bond motifs is 2. The molecule has 0 radical (unpaired) electrons. The van der Waals surface area contributed by atoms with Crippen LogP contribution >= 0.6 is 0 Å². The normalized spacial score (nSPS) is 30.7. The number of hydrogen-bond acceptors (Lipinski definition) is 2. The molecule has 2 nitrogen and oxygen atoms in total. The first-order valence-electron chi connectivity index (χ1n) is 7.61. The summed E-state index contributed by atoms with van der Waals surface area (Å²) < 4.78 is 13.0. The lowest BCUT2D eigenvalue weighted by Gasteiger charge is -2.27. The molecule has 4 atom stereocenters. The van der Waals surface area contributed by atoms with Crippen molar-refractivity contribution in [2.75, 3.05) is 6.54 Å². The van der Waals surface area contributed by atoms with E-state index >= 15 is 0 Å². The Bertz CT molecular complexity index is 417. The van der Waals surface area contributed by atoms with Crippen molar-refractivity contribution in [3.63, 3.8) is 0 Å². The van der Waals surface area contributed by atoms with Gasteiger partial charge in [0, 0.05) is 6.04 Å². The van der Waals surface area contributed by atoms with E-state index in [0.29, 0.717) is 0 Å². The van der Waals surface area contributed by atoms with Crippen molar-refractivity contribution in [3.8, 4) is 0 Å². The molecule has 0 amide bonds. The van der Waals surface area contributed by atoms with Crippen LogP contribution in [0.5, 0.6) is 0 Å². The van der Waals surface area contributed by atoms with Gasteiger partial charge >= 0.3 is 0 Å². The molecule has 2 fully saturated rings. The Balaban J connectivity index is 1.68. The number of aromatic nitrogens is 1. The van der Waals surface area contributed by atoms with Crippen molar-refractivity contribution in [2.45, 2.75) is 45.1 Å². The van der Waals surface area contributed by atoms with Crippen LogP contribution in [0.15, 0.2) is 18.3 Å². The molecule has 0 saturated heterocycles. The standard InChI is InChI=1S/C16H23FN2/c1-2-18-16(15-6-5-14(17)10-19-15)9-13-8-11-3-4-12(13)7-11/h5-6,10-13,16,18H,2-4,7-9H2,1H3. The zero-order chi connectivity index (χ0) is 13.2. The lowest BCUT2D eigenvalue weighted by atomic mass is 9.83. The number of nitrogens with one attached hydrogen (secondary N) is 1. The maximum Gasteiger partial charge on any atom is 0.141 e. The van der Waals surface area contributed by atoms with Gasteiger partial charge in [-0.25, -0.2) is 4.39 Å². The first-order valence-corrected chi connectivity index (χ1v) is 7.61. The largest absolute Gasteiger partial charge is 0.309 e. The molecule has 0 aliphatic heterocycles. The molecule has 3 heteroatoms. The van der Waals surface area contributed by atoms with Gasteiger partial charge in [-0.2, -0.15) is 0 Å². The second-order valence-electron chi connectivity index (χ2n) is 6.18. The van der Waals surface area contributed by atoms with Crippen molar-refractivity contribution in [2.24, 2.45) is 17.8 Å². The van der Waals surface area contributed by atoms with Gasteiger partial charge in [0.05, 0.1) is 11.9 Å². The topological polar surface area (TPSA) is 24.9 Å². The quantitative estimate of drug-likeness (QED) is 0.875. The highest BCUT2D eigenvalue weighted by Gasteiger charge is 2.40. The van der Waals surface area contributed by atoms with Crippen molar-refractivity contribution < 1.29 is 4.39 Å². The lowest BCUT2D eigenvalue weighted by molar-refractivity contribution is 0.278. The van der Waals surface area contributed by atoms with Crippen LogP contribution in [0.3, 0.4) is 0 Å². The average molecular weight is 262 g/mol. The van der Waals surface area contributed by atoms with Gasteiger partial charge in [0.25, 0.3) is 0 Å². The van der Waals surface area contributed by atoms with Crippen LogP contribution in [0, 0.1) is 23.6 Å². The minimum Gasteiger partial charge on any atom is -0.309 e. The predicted molar refractivity (Wildman–Crippen MR) is 74.2 cm³/mol. The first-order chi connectivity index (χ1) is 9.26. The number of pyridine rings is 1. The summed E-state index contributed by atoms with van der Waals surface area (Å²) in [6, 6.07) is 3.64. The highest BCUT2D eigenvalue weighted by Crippen LogP contribution is 2.50. The molecule has 3 rings (SSSR count). The summed E-state index contributed by atoms with van der Waals surface area (Å²) in [7, 11) is 0. The summed E-state index contributed by atoms with van der Waals surface area (Å²) in [5, 5.41) is 3.52. The van der Waals surface area contributed by atoms with Crippen molar-refractivity contribution >= 4 is 0 Å². The Labute approximate surface area is 114 Å². The van der Waals surface area contributed by atoms with Gasteiger partial charge in [0.1, 0.15) is 5.82 Å². The zero-order valence-corrected chi connectivity index (χ0v) is 11.6. The Morgan fingerprint density at radius 2 is 2.26 bits per heavy atom. The monoisotopic (exact) mass is 262 g/mol. The fourth-order valence-corrected chi connectivity index (χ4v) is 4.12. The summed E-state index contributed by atoms with van der Waals surface area (Å²) in [6.45, 7) is 3.06. The van der Waals surface area contributed by atoms with Crippen molar-refractivity contribution in [1.82, 2.24) is 10.3 Å². The van der Waals surface area contributed by atoms with Crippen molar-refractivity contribution in [1.29, 1.82) is 0 Å². The molecule has 1 aromatic heterocycles. The van der Waals surface area contributed by atoms with E-state index in [0.717, 1.165) is 36.4 Å². The highest BCUT2D eigenvalue weighted by atomic mass is 19.1. The molecular formula is C16H23FN2. The molecule has 104 valence electrons. The third-order valence-electron chi connectivity index (χ3n) is 4.98. The zero-order valence-electron chi connectivity index (χ0n) is 11.6. The van der Waals surface area contributed by atoms with Gasteiger partial charge in [-0.15, -0.1) is 0 Å². The summed E-state index contributed by atoms with van der Waals surface area (Å²) in [4.78, 5) is 4.26. The predicted octanol–water partition coefficient (Wildman–Crippen LogP) is 3.70. The van der Waals surface area contributed by atoms with Crippen LogP contribution in [-0.4, -0.2) is 11.5 Å². The third-order valence-corrected chi connectivity index (χ3v) is 4.98. The first kappa shape index (κ1) is 13.0. The summed E-state index contributed by atoms with van der Waals surface area (Å²) in [5.41, 5.74) is 0.992. The van der Waals surface area contributed by atoms with E-state index in [2.05, 4.69) is 17.2 Å². The molecule has 0 spiro atoms. The lowest BCUT2D eigenvalue weighted by Crippen LogP contribution is -2.26. The Hall–Kier alpha value is -0.960. The van der Waals surface area contributed by atoms with Crippen LogP contribution < -0.4 is 5.32 Å². The minimum absolute atomic E-state index is 0.251. The molecule has 19 heavy (non-hydrogen) atoms. The Kier molecular flexibility index (Phi) is 3.83. The number of nitrogens with zero attached hydrogens (tertiary/aromatic N) is 1. The summed E-state index contributed by atoms with van der Waals surface area (Å²) in [5.74, 6) is 2.51. The maximum absolute atomic E-state index is 13.0. The molecular weight excluding hydrogens is 239 g/mol. The average Bonchev–Trinajstić information content (AvgIpc) is 3.01. The van der Waals surface area contributed by atoms with E-state index in [9.17, 15) is 4.39 Å². The van der Waals surface area contributed by atoms with E-state index < -0.39 is 0 Å². The fourth-order valence-electron chi connectivity index (χ4n) is 4.12. The van der Waals surface area contributed by atoms with Crippen molar-refractivity contribution in [3.05, 3.63) is 29.8 Å². The highest BCUT2D eigenvalue weighted by molar-refractivity contribution is 5.10. The van der Waals surface area contributed by atoms with E-state index in [4.69, 9.17) is 0 Å². The van der Waals surface area contributed by atoms with E-state index in [1.807, 2.05) is 6.07 Å². The molecule has 2 bridgehead atoms. The molecule has 2 aliphatic rings. The smallest absolute Gasteiger partial charge is 0.141 e. The number of rotatable bonds is 5. The van der Waals surface area contributed by atoms with E-state index in [1.54, 1.807) is 0 Å². The third kappa shape index (κ3) is 2.81. The Morgan fingerprint density at radius 1 is 1.37 bits per heavy atom. The minimum atomic E-state index is -0.251. The molecule has 1 aromatic rings. The van der Waals surface area contributed by atoms with Crippen LogP contribution in [0.25, 0.3) is 0 Å². The van der Waals surface area contributed by atoms with Crippen LogP contribution in [0.1, 0.15) is 50.8 Å². The number of hydrogen-bond donors (Lipinski definition) is 1. The maximum atomic E-state index is 13.0. The summed E-state index contributed by atoms with van der Waals surface area (Å²) in [6.07, 6.45) is 8.20. The van der Waals surface area contributed by atoms with Gasteiger partial charge in [0.2, 0.25) is 0 Å². The van der Waals surface area contributed by atoms with Crippen LogP contribution in [0.4, 0.5) is 4.39 Å². The van der Waals surface area contributed by atoms with Gasteiger partial charge in [-0.3, -0.25) is 4.98 Å². The molecule has 1 N–H and O–H groups in total. The van der Waals surface area contributed by atoms with Crippen LogP contribution in [-0.2, 0) is 0 Å². The van der Waals surface area contributed by atoms with Gasteiger partial charge in [0.15, 0.2) is 0 Å². The summed E-state index contributed by atoms with van der Waals surface area (Å²) >= 11 is 0.